The number of hydroxylamine groups is 1. The maximum absolute atomic E-state index is 11.6. The second-order valence-electron chi connectivity index (χ2n) is 5.80. The van der Waals surface area contributed by atoms with Gasteiger partial charge in [-0.25, -0.2) is 0 Å². The molecule has 0 aromatic rings. The Labute approximate surface area is 84.3 Å². The molecule has 3 heteroatoms. The Morgan fingerprint density at radius 3 is 2.79 bits per heavy atom. The summed E-state index contributed by atoms with van der Waals surface area (Å²) >= 11 is 0. The lowest BCUT2D eigenvalue weighted by atomic mass is 9.70. The highest BCUT2D eigenvalue weighted by atomic mass is 16.6. The number of hydrogen-bond donors (Lipinski definition) is 0. The Hall–Kier alpha value is -0.730. The Balaban J connectivity index is 2.10. The molecule has 2 bridgehead atoms. The van der Waals surface area contributed by atoms with Crippen LogP contribution in [0.5, 0.6) is 0 Å². The molecule has 3 nitrogen and oxygen atoms in total. The van der Waals surface area contributed by atoms with Gasteiger partial charge in [0.25, 0.3) is 0 Å². The molecule has 78 valence electrons. The number of rotatable bonds is 0. The molecule has 2 saturated carbocycles. The van der Waals surface area contributed by atoms with Gasteiger partial charge in [0.1, 0.15) is 0 Å². The van der Waals surface area contributed by atoms with Gasteiger partial charge in [-0.15, -0.1) is 0 Å². The lowest BCUT2D eigenvalue weighted by Crippen LogP contribution is -2.40. The Bertz CT molecular complexity index is 323. The van der Waals surface area contributed by atoms with Crippen LogP contribution in [0.4, 0.5) is 0 Å². The fraction of sp³-hybridized carbons (Fsp3) is 0.909. The SMILES string of the molecule is CC1(C)C2CCC1(C)C1OC=[N+]([O-])C21. The average molecular weight is 195 g/mol. The first-order valence-electron chi connectivity index (χ1n) is 5.43. The van der Waals surface area contributed by atoms with Gasteiger partial charge in [0.15, 0.2) is 6.10 Å². The summed E-state index contributed by atoms with van der Waals surface area (Å²) in [6.45, 7) is 6.87. The molecule has 3 aliphatic rings. The Morgan fingerprint density at radius 2 is 2.14 bits per heavy atom. The predicted molar refractivity (Wildman–Crippen MR) is 53.0 cm³/mol. The van der Waals surface area contributed by atoms with Crippen molar-refractivity contribution in [3.63, 3.8) is 0 Å². The van der Waals surface area contributed by atoms with E-state index in [0.717, 1.165) is 4.74 Å². The summed E-state index contributed by atoms with van der Waals surface area (Å²) < 4.78 is 6.59. The molecule has 14 heavy (non-hydrogen) atoms. The molecular formula is C11H17NO2. The summed E-state index contributed by atoms with van der Waals surface area (Å²) in [7, 11) is 0. The van der Waals surface area contributed by atoms with E-state index in [4.69, 9.17) is 4.74 Å². The molecule has 0 amide bonds. The van der Waals surface area contributed by atoms with E-state index in [1.807, 2.05) is 0 Å². The highest BCUT2D eigenvalue weighted by Gasteiger charge is 2.72. The first-order valence-corrected chi connectivity index (χ1v) is 5.43. The van der Waals surface area contributed by atoms with Gasteiger partial charge >= 0.3 is 6.40 Å². The van der Waals surface area contributed by atoms with Gasteiger partial charge in [-0.05, 0) is 18.3 Å². The van der Waals surface area contributed by atoms with Gasteiger partial charge in [-0.3, -0.25) is 0 Å². The molecular weight excluding hydrogens is 178 g/mol. The van der Waals surface area contributed by atoms with Crippen LogP contribution in [0.15, 0.2) is 0 Å². The molecule has 2 fully saturated rings. The molecule has 0 saturated heterocycles. The maximum Gasteiger partial charge on any atom is 0.336 e. The largest absolute Gasteiger partial charge is 0.621 e. The molecule has 4 atom stereocenters. The second-order valence-corrected chi connectivity index (χ2v) is 5.80. The molecule has 1 aliphatic heterocycles. The van der Waals surface area contributed by atoms with E-state index in [1.165, 1.54) is 19.2 Å². The quantitative estimate of drug-likeness (QED) is 0.436. The van der Waals surface area contributed by atoms with Crippen LogP contribution in [0.3, 0.4) is 0 Å². The average Bonchev–Trinajstić information content (AvgIpc) is 2.63. The first kappa shape index (κ1) is 8.57. The van der Waals surface area contributed by atoms with E-state index in [-0.39, 0.29) is 23.0 Å². The minimum absolute atomic E-state index is 0.0868. The third kappa shape index (κ3) is 0.635. The summed E-state index contributed by atoms with van der Waals surface area (Å²) in [4.78, 5) is 0. The minimum Gasteiger partial charge on any atom is -0.621 e. The third-order valence-electron chi connectivity index (χ3n) is 5.33. The Morgan fingerprint density at radius 1 is 1.43 bits per heavy atom. The van der Waals surface area contributed by atoms with Gasteiger partial charge in [-0.2, -0.15) is 4.74 Å². The highest BCUT2D eigenvalue weighted by Crippen LogP contribution is 2.67. The van der Waals surface area contributed by atoms with E-state index >= 15 is 0 Å². The van der Waals surface area contributed by atoms with E-state index in [9.17, 15) is 5.21 Å². The molecule has 0 aromatic carbocycles. The number of nitrogens with zero attached hydrogens (tertiary/aromatic N) is 1. The zero-order valence-corrected chi connectivity index (χ0v) is 8.99. The third-order valence-corrected chi connectivity index (χ3v) is 5.33. The highest BCUT2D eigenvalue weighted by molar-refractivity contribution is 5.44. The van der Waals surface area contributed by atoms with Crippen molar-refractivity contribution in [2.75, 3.05) is 0 Å². The lowest BCUT2D eigenvalue weighted by molar-refractivity contribution is -0.500. The van der Waals surface area contributed by atoms with Crippen LogP contribution in [0.2, 0.25) is 0 Å². The predicted octanol–water partition coefficient (Wildman–Crippen LogP) is 1.75. The van der Waals surface area contributed by atoms with Crippen LogP contribution < -0.4 is 0 Å². The van der Waals surface area contributed by atoms with Gasteiger partial charge in [-0.1, -0.05) is 20.8 Å². The van der Waals surface area contributed by atoms with Gasteiger partial charge < -0.3 is 9.94 Å². The van der Waals surface area contributed by atoms with Crippen molar-refractivity contribution in [3.8, 4) is 0 Å². The van der Waals surface area contributed by atoms with Crippen molar-refractivity contribution in [3.05, 3.63) is 5.21 Å². The lowest BCUT2D eigenvalue weighted by Gasteiger charge is -2.35. The van der Waals surface area contributed by atoms with Crippen LogP contribution in [-0.2, 0) is 4.74 Å². The van der Waals surface area contributed by atoms with Crippen LogP contribution in [0.25, 0.3) is 0 Å². The fourth-order valence-electron chi connectivity index (χ4n) is 3.99. The van der Waals surface area contributed by atoms with Crippen LogP contribution in [0.1, 0.15) is 33.6 Å². The minimum atomic E-state index is 0.0868. The molecule has 0 radical (unpaired) electrons. The molecule has 3 rings (SSSR count). The van der Waals surface area contributed by atoms with Gasteiger partial charge in [0, 0.05) is 11.3 Å². The maximum atomic E-state index is 11.6. The zero-order valence-electron chi connectivity index (χ0n) is 8.99. The van der Waals surface area contributed by atoms with Crippen LogP contribution >= 0.6 is 0 Å². The standard InChI is InChI=1S/C11H17NO2/c1-10(2)7-4-5-11(10,3)9-8(7)12(13)6-14-9/h6-9H,4-5H2,1-3H3. The zero-order chi connectivity index (χ0) is 10.1. The normalized spacial score (nSPS) is 52.8. The van der Waals surface area contributed by atoms with E-state index in [2.05, 4.69) is 20.8 Å². The van der Waals surface area contributed by atoms with Crippen LogP contribution in [-0.4, -0.2) is 23.3 Å². The second kappa shape index (κ2) is 2.10. The van der Waals surface area contributed by atoms with Crippen molar-refractivity contribution < 1.29 is 9.48 Å². The summed E-state index contributed by atoms with van der Waals surface area (Å²) in [5, 5.41) is 11.6. The molecule has 1 heterocycles. The summed E-state index contributed by atoms with van der Waals surface area (Å²) in [6, 6.07) is 0.0868. The smallest absolute Gasteiger partial charge is 0.336 e. The summed E-state index contributed by atoms with van der Waals surface area (Å²) in [5.74, 6) is 0.508. The summed E-state index contributed by atoms with van der Waals surface area (Å²) in [6.07, 6.45) is 3.89. The number of ether oxygens (including phenoxy) is 1. The van der Waals surface area contributed by atoms with Crippen molar-refractivity contribution in [1.82, 2.24) is 0 Å². The molecule has 2 aliphatic carbocycles. The van der Waals surface area contributed by atoms with Crippen molar-refractivity contribution in [1.29, 1.82) is 0 Å². The van der Waals surface area contributed by atoms with E-state index in [0.29, 0.717) is 5.92 Å². The van der Waals surface area contributed by atoms with Crippen molar-refractivity contribution in [2.24, 2.45) is 16.7 Å². The monoisotopic (exact) mass is 195 g/mol. The van der Waals surface area contributed by atoms with Crippen LogP contribution in [0, 0.1) is 22.0 Å². The Kier molecular flexibility index (Phi) is 1.28. The summed E-state index contributed by atoms with van der Waals surface area (Å²) in [5.41, 5.74) is 0.442. The van der Waals surface area contributed by atoms with Gasteiger partial charge in [0.05, 0.1) is 0 Å². The van der Waals surface area contributed by atoms with Gasteiger partial charge in [0.2, 0.25) is 6.04 Å². The van der Waals surface area contributed by atoms with Crippen molar-refractivity contribution in [2.45, 2.75) is 45.8 Å². The topological polar surface area (TPSA) is 35.3 Å². The van der Waals surface area contributed by atoms with Crippen molar-refractivity contribution >= 4 is 6.40 Å². The van der Waals surface area contributed by atoms with E-state index in [1.54, 1.807) is 0 Å². The molecule has 4 unspecified atom stereocenters. The van der Waals surface area contributed by atoms with E-state index < -0.39 is 0 Å². The molecule has 0 aromatic heterocycles. The number of fused-ring (bicyclic) bond motifs is 5. The molecule has 0 spiro atoms. The first-order chi connectivity index (χ1) is 6.48. The fourth-order valence-corrected chi connectivity index (χ4v) is 3.99. The number of hydrogen-bond acceptors (Lipinski definition) is 2. The molecule has 0 N–H and O–H groups in total.